The maximum absolute atomic E-state index is 13.9. The first-order valence-corrected chi connectivity index (χ1v) is 16.8. The molecule has 0 aromatic carbocycles. The van der Waals surface area contributed by atoms with Gasteiger partial charge in [-0.15, -0.1) is 0 Å². The van der Waals surface area contributed by atoms with Crippen LogP contribution in [0, 0.1) is 35.0 Å². The summed E-state index contributed by atoms with van der Waals surface area (Å²) in [5, 5.41) is 8.13. The molecule has 3 saturated carbocycles. The van der Waals surface area contributed by atoms with Crippen LogP contribution in [0.25, 0.3) is 0 Å². The molecule has 12 nitrogen and oxygen atoms in total. The highest BCUT2D eigenvalue weighted by Gasteiger charge is 2.47. The highest BCUT2D eigenvalue weighted by atomic mass is 19.4. The number of nitrogens with two attached hydrogens (primary N) is 1. The van der Waals surface area contributed by atoms with E-state index < -0.39 is 47.6 Å². The number of nitrogens with zero attached hydrogens (tertiary/aromatic N) is 1. The van der Waals surface area contributed by atoms with Crippen LogP contribution in [0.2, 0.25) is 0 Å². The number of alkyl halides is 3. The number of nitrogens with one attached hydrogen (secondary N) is 3. The van der Waals surface area contributed by atoms with Crippen LogP contribution in [0.4, 0.5) is 18.0 Å². The second-order valence-corrected chi connectivity index (χ2v) is 14.8. The Bertz CT molecular complexity index is 1130. The van der Waals surface area contributed by atoms with E-state index in [-0.39, 0.29) is 42.4 Å². The molecular formula is C33H54F3N5O7. The summed E-state index contributed by atoms with van der Waals surface area (Å²) < 4.78 is 38.9. The molecule has 4 fully saturated rings. The van der Waals surface area contributed by atoms with Crippen molar-refractivity contribution >= 4 is 36.0 Å². The minimum absolute atomic E-state index is 0.0805. The topological polar surface area (TPSA) is 177 Å². The van der Waals surface area contributed by atoms with E-state index in [1.54, 1.807) is 4.90 Å². The van der Waals surface area contributed by atoms with E-state index in [2.05, 4.69) is 35.5 Å². The van der Waals surface area contributed by atoms with Gasteiger partial charge in [-0.05, 0) is 74.5 Å². The minimum Gasteiger partial charge on any atom is -0.464 e. The van der Waals surface area contributed by atoms with Gasteiger partial charge in [-0.2, -0.15) is 13.2 Å². The Labute approximate surface area is 281 Å². The zero-order valence-corrected chi connectivity index (χ0v) is 29.0. The van der Waals surface area contributed by atoms with Crippen molar-refractivity contribution in [3.05, 3.63) is 0 Å². The van der Waals surface area contributed by atoms with Crippen molar-refractivity contribution in [3.63, 3.8) is 0 Å². The van der Waals surface area contributed by atoms with Gasteiger partial charge in [-0.25, -0.2) is 4.79 Å². The highest BCUT2D eigenvalue weighted by Crippen LogP contribution is 2.44. The number of hydrogen-bond donors (Lipinski definition) is 4. The predicted molar refractivity (Wildman–Crippen MR) is 171 cm³/mol. The fourth-order valence-electron chi connectivity index (χ4n) is 5.23. The van der Waals surface area contributed by atoms with Crippen molar-refractivity contribution in [1.29, 1.82) is 0 Å². The van der Waals surface area contributed by atoms with Crippen molar-refractivity contribution in [2.24, 2.45) is 40.7 Å². The van der Waals surface area contributed by atoms with Gasteiger partial charge in [-0.3, -0.25) is 24.0 Å². The molecule has 0 bridgehead atoms. The van der Waals surface area contributed by atoms with Crippen LogP contribution < -0.4 is 21.7 Å². The average molecular weight is 690 g/mol. The van der Waals surface area contributed by atoms with Crippen LogP contribution in [0.15, 0.2) is 0 Å². The molecule has 274 valence electrons. The number of hydrogen-bond acceptors (Lipinski definition) is 7. The van der Waals surface area contributed by atoms with Gasteiger partial charge in [0.15, 0.2) is 5.78 Å². The second kappa shape index (κ2) is 17.8. The molecule has 0 radical (unpaired) electrons. The summed E-state index contributed by atoms with van der Waals surface area (Å²) in [6, 6.07) is -2.85. The molecule has 0 spiro atoms. The zero-order chi connectivity index (χ0) is 36.4. The normalized spacial score (nSPS) is 21.8. The summed E-state index contributed by atoms with van der Waals surface area (Å²) in [5.74, 6) is -0.965. The lowest BCUT2D eigenvalue weighted by Crippen LogP contribution is -2.60. The van der Waals surface area contributed by atoms with Gasteiger partial charge in [0.1, 0.15) is 18.6 Å². The molecule has 4 unspecified atom stereocenters. The third-order valence-corrected chi connectivity index (χ3v) is 8.93. The molecule has 4 rings (SSSR count). The van der Waals surface area contributed by atoms with E-state index in [1.807, 2.05) is 20.8 Å². The lowest BCUT2D eigenvalue weighted by molar-refractivity contribution is -0.147. The molecule has 4 aliphatic rings. The number of likely N-dealkylation sites (tertiary alicyclic amines) is 1. The Morgan fingerprint density at radius 2 is 1.52 bits per heavy atom. The van der Waals surface area contributed by atoms with Crippen LogP contribution in [-0.4, -0.2) is 84.9 Å². The number of amides is 5. The molecule has 1 heterocycles. The van der Waals surface area contributed by atoms with Gasteiger partial charge < -0.3 is 31.3 Å². The molecule has 1 saturated heterocycles. The first kappa shape index (κ1) is 40.8. The van der Waals surface area contributed by atoms with E-state index >= 15 is 0 Å². The number of Topliss-reactive ketones (excluding diaryl/α,β-unsaturated/α-hetero) is 1. The number of carbonyl (C=O) groups is 6. The Morgan fingerprint density at radius 1 is 0.958 bits per heavy atom. The minimum atomic E-state index is -3.89. The number of rotatable bonds is 12. The number of ketones is 1. The first-order valence-electron chi connectivity index (χ1n) is 16.8. The van der Waals surface area contributed by atoms with Crippen LogP contribution in [0.1, 0.15) is 92.9 Å². The van der Waals surface area contributed by atoms with Gasteiger partial charge in [0.2, 0.25) is 18.2 Å². The van der Waals surface area contributed by atoms with E-state index in [0.29, 0.717) is 50.7 Å². The van der Waals surface area contributed by atoms with Gasteiger partial charge in [0.25, 0.3) is 0 Å². The summed E-state index contributed by atoms with van der Waals surface area (Å²) in [6.45, 7) is 11.6. The molecule has 5 N–H and O–H groups in total. The fraction of sp³-hybridized carbons (Fsp3) is 0.818. The molecule has 0 aromatic rings. The Kier molecular flexibility index (Phi) is 15.2. The number of primary amides is 1. The molecule has 3 aliphatic carbocycles. The standard InChI is InChI=1S/C28H46N4O6.C4H5F3.CH3NO/c1-16(2)20-12-22(25(35)30-21(17(3)33)11-18-7-8-18)32(14-20)26(36)24(28(4,5)6)31-27(37)29-13-23(34)38-15-19-9-10-19;5-4(6,7)3-1-2-3;2-1-3/h16,18-22,24H,7-15H2,1-6H3,(H,30,35)(H2,29,31,37);3H,1-2H2;1H,(H2,2,3). The number of urea groups is 1. The maximum atomic E-state index is 13.9. The van der Waals surface area contributed by atoms with E-state index in [0.717, 1.165) is 25.7 Å². The zero-order valence-electron chi connectivity index (χ0n) is 29.0. The van der Waals surface area contributed by atoms with E-state index in [4.69, 9.17) is 9.53 Å². The molecule has 5 amide bonds. The number of esters is 1. The predicted octanol–water partition coefficient (Wildman–Crippen LogP) is 3.46. The monoisotopic (exact) mass is 689 g/mol. The molecule has 0 aromatic heterocycles. The largest absolute Gasteiger partial charge is 0.464 e. The number of halogens is 3. The lowest BCUT2D eigenvalue weighted by atomic mass is 9.85. The number of carbonyl (C=O) groups excluding carboxylic acids is 6. The van der Waals surface area contributed by atoms with E-state index in [1.165, 1.54) is 6.92 Å². The van der Waals surface area contributed by atoms with Crippen molar-refractivity contribution < 1.29 is 46.7 Å². The van der Waals surface area contributed by atoms with Crippen LogP contribution in [0.3, 0.4) is 0 Å². The second-order valence-electron chi connectivity index (χ2n) is 14.8. The quantitative estimate of drug-likeness (QED) is 0.179. The third kappa shape index (κ3) is 14.4. The summed E-state index contributed by atoms with van der Waals surface area (Å²) in [6.07, 6.45) is 2.45. The molecule has 48 heavy (non-hydrogen) atoms. The summed E-state index contributed by atoms with van der Waals surface area (Å²) >= 11 is 0. The summed E-state index contributed by atoms with van der Waals surface area (Å²) in [7, 11) is 0. The fourth-order valence-corrected chi connectivity index (χ4v) is 5.23. The Balaban J connectivity index is 0.000000688. The average Bonchev–Trinajstić information content (AvgIpc) is 3.82. The van der Waals surface area contributed by atoms with Gasteiger partial charge in [0, 0.05) is 6.54 Å². The smallest absolute Gasteiger partial charge is 0.391 e. The van der Waals surface area contributed by atoms with Crippen LogP contribution in [0.5, 0.6) is 0 Å². The molecule has 15 heteroatoms. The molecular weight excluding hydrogens is 635 g/mol. The van der Waals surface area contributed by atoms with Gasteiger partial charge in [-0.1, -0.05) is 47.5 Å². The SMILES string of the molecule is CC(=O)C(CC1CC1)NC(=O)C1CC(C(C)C)CN1C(=O)C(NC(=O)NCC(=O)OCC1CC1)C(C)(C)C.FC(F)(F)C1CC1.NC=O. The van der Waals surface area contributed by atoms with Gasteiger partial charge in [0.05, 0.1) is 18.6 Å². The number of ether oxygens (including phenoxy) is 1. The summed E-state index contributed by atoms with van der Waals surface area (Å²) in [5.41, 5.74) is 3.51. The first-order chi connectivity index (χ1) is 22.3. The lowest BCUT2D eigenvalue weighted by Gasteiger charge is -2.35. The van der Waals surface area contributed by atoms with Gasteiger partial charge >= 0.3 is 18.2 Å². The van der Waals surface area contributed by atoms with E-state index in [9.17, 15) is 37.1 Å². The molecule has 1 aliphatic heterocycles. The Hall–Kier alpha value is -3.39. The highest BCUT2D eigenvalue weighted by molar-refractivity contribution is 5.95. The van der Waals surface area contributed by atoms with Crippen LogP contribution in [-0.2, 0) is 28.7 Å². The third-order valence-electron chi connectivity index (χ3n) is 8.93. The van der Waals surface area contributed by atoms with Crippen molar-refractivity contribution in [2.75, 3.05) is 19.7 Å². The van der Waals surface area contributed by atoms with Crippen molar-refractivity contribution in [1.82, 2.24) is 20.9 Å². The molecule has 4 atom stereocenters. The van der Waals surface area contributed by atoms with Crippen LogP contribution >= 0.6 is 0 Å². The summed E-state index contributed by atoms with van der Waals surface area (Å²) in [4.78, 5) is 74.3. The van der Waals surface area contributed by atoms with Crippen molar-refractivity contribution in [2.45, 2.75) is 117 Å². The Morgan fingerprint density at radius 3 is 1.94 bits per heavy atom. The maximum Gasteiger partial charge on any atom is 0.391 e. The van der Waals surface area contributed by atoms with Crippen molar-refractivity contribution in [3.8, 4) is 0 Å².